The number of rotatable bonds is 8. The predicted octanol–water partition coefficient (Wildman–Crippen LogP) is 4.52. The third kappa shape index (κ3) is 5.92. The largest absolute Gasteiger partial charge is 0.310 e. The Balaban J connectivity index is 1.59. The highest BCUT2D eigenvalue weighted by Crippen LogP contribution is 2.24. The van der Waals surface area contributed by atoms with E-state index >= 15 is 0 Å². The summed E-state index contributed by atoms with van der Waals surface area (Å²) in [6.45, 7) is 5.47. The first-order valence-electron chi connectivity index (χ1n) is 9.93. The topological polar surface area (TPSA) is 18.5 Å². The minimum absolute atomic E-state index is 0.482. The molecule has 1 unspecified atom stereocenters. The Hall–Kier alpha value is -1.20. The second-order valence-electron chi connectivity index (χ2n) is 7.67. The summed E-state index contributed by atoms with van der Waals surface area (Å²) in [6, 6.07) is 13.9. The van der Waals surface area contributed by atoms with Gasteiger partial charge in [0.25, 0.3) is 0 Å². The van der Waals surface area contributed by atoms with Crippen LogP contribution in [-0.4, -0.2) is 43.5 Å². The number of thiophene rings is 1. The molecular weight excluding hydrogens is 338 g/mol. The molecule has 0 spiro atoms. The minimum atomic E-state index is 0.482. The van der Waals surface area contributed by atoms with Crippen molar-refractivity contribution in [3.8, 4) is 0 Å². The second-order valence-corrected chi connectivity index (χ2v) is 8.66. The normalized spacial score (nSPS) is 17.3. The van der Waals surface area contributed by atoms with Crippen molar-refractivity contribution in [1.82, 2.24) is 15.1 Å². The van der Waals surface area contributed by atoms with Gasteiger partial charge in [0.05, 0.1) is 0 Å². The van der Waals surface area contributed by atoms with Crippen LogP contribution in [0, 0.1) is 0 Å². The quantitative estimate of drug-likeness (QED) is 0.736. The molecule has 3 nitrogen and oxygen atoms in total. The van der Waals surface area contributed by atoms with Crippen LogP contribution in [0.3, 0.4) is 0 Å². The molecular formula is C22H33N3S. The van der Waals surface area contributed by atoms with Crippen molar-refractivity contribution in [2.24, 2.45) is 0 Å². The van der Waals surface area contributed by atoms with Gasteiger partial charge in [-0.1, -0.05) is 43.2 Å². The van der Waals surface area contributed by atoms with Crippen LogP contribution >= 0.6 is 11.3 Å². The number of nitrogens with one attached hydrogen (secondary N) is 1. The van der Waals surface area contributed by atoms with E-state index in [9.17, 15) is 0 Å². The van der Waals surface area contributed by atoms with Crippen LogP contribution in [0.1, 0.15) is 47.7 Å². The molecule has 2 aromatic rings. The third-order valence-electron chi connectivity index (χ3n) is 5.11. The van der Waals surface area contributed by atoms with Gasteiger partial charge in [-0.25, -0.2) is 0 Å². The Morgan fingerprint density at radius 1 is 1.08 bits per heavy atom. The fraction of sp³-hybridized carbons (Fsp3) is 0.545. The number of benzene rings is 1. The Morgan fingerprint density at radius 3 is 2.50 bits per heavy atom. The summed E-state index contributed by atoms with van der Waals surface area (Å²) < 4.78 is 0. The highest BCUT2D eigenvalue weighted by molar-refractivity contribution is 7.10. The fourth-order valence-electron chi connectivity index (χ4n) is 3.84. The van der Waals surface area contributed by atoms with Crippen LogP contribution in [0.25, 0.3) is 0 Å². The predicted molar refractivity (Wildman–Crippen MR) is 113 cm³/mol. The molecule has 26 heavy (non-hydrogen) atoms. The zero-order chi connectivity index (χ0) is 18.2. The van der Waals surface area contributed by atoms with Gasteiger partial charge >= 0.3 is 0 Å². The van der Waals surface area contributed by atoms with Gasteiger partial charge < -0.3 is 10.2 Å². The van der Waals surface area contributed by atoms with Gasteiger partial charge in [0, 0.05) is 30.6 Å². The van der Waals surface area contributed by atoms with E-state index < -0.39 is 0 Å². The average molecular weight is 372 g/mol. The van der Waals surface area contributed by atoms with E-state index in [0.717, 1.165) is 19.6 Å². The summed E-state index contributed by atoms with van der Waals surface area (Å²) in [7, 11) is 4.25. The van der Waals surface area contributed by atoms with E-state index in [4.69, 9.17) is 0 Å². The highest BCUT2D eigenvalue weighted by Gasteiger charge is 2.21. The highest BCUT2D eigenvalue weighted by atomic mass is 32.1. The molecule has 0 bridgehead atoms. The third-order valence-corrected chi connectivity index (χ3v) is 6.10. The van der Waals surface area contributed by atoms with Crippen molar-refractivity contribution >= 4 is 11.3 Å². The lowest BCUT2D eigenvalue weighted by Crippen LogP contribution is -2.36. The first kappa shape index (κ1) is 19.6. The fourth-order valence-corrected chi connectivity index (χ4v) is 4.69. The molecule has 0 radical (unpaired) electrons. The van der Waals surface area contributed by atoms with Gasteiger partial charge in [0.15, 0.2) is 0 Å². The SMILES string of the molecule is CN(C)Cc1csc(CNCC(c2ccccc2)N2CCCCCC2)c1. The standard InChI is InChI=1S/C22H33N3S/c1-24(2)17-19-14-21(26-18-19)15-23-16-22(20-10-6-5-7-11-20)25-12-8-3-4-9-13-25/h5-7,10-11,14,18,22-23H,3-4,8-9,12-13,15-17H2,1-2H3. The molecule has 1 fully saturated rings. The zero-order valence-electron chi connectivity index (χ0n) is 16.3. The van der Waals surface area contributed by atoms with Crippen molar-refractivity contribution in [2.75, 3.05) is 33.7 Å². The molecule has 1 N–H and O–H groups in total. The van der Waals surface area contributed by atoms with Crippen molar-refractivity contribution in [3.63, 3.8) is 0 Å². The Morgan fingerprint density at radius 2 is 1.81 bits per heavy atom. The van der Waals surface area contributed by atoms with Gasteiger partial charge in [-0.3, -0.25) is 4.90 Å². The van der Waals surface area contributed by atoms with Crippen LogP contribution in [-0.2, 0) is 13.1 Å². The maximum absolute atomic E-state index is 3.74. The molecule has 1 aliphatic heterocycles. The molecule has 1 aromatic carbocycles. The van der Waals surface area contributed by atoms with Crippen LogP contribution in [0.4, 0.5) is 0 Å². The van der Waals surface area contributed by atoms with E-state index in [1.54, 1.807) is 0 Å². The van der Waals surface area contributed by atoms with Crippen LogP contribution in [0.5, 0.6) is 0 Å². The minimum Gasteiger partial charge on any atom is -0.310 e. The lowest BCUT2D eigenvalue weighted by molar-refractivity contribution is 0.200. The van der Waals surface area contributed by atoms with E-state index in [1.807, 2.05) is 11.3 Å². The van der Waals surface area contributed by atoms with Crippen LogP contribution < -0.4 is 5.32 Å². The van der Waals surface area contributed by atoms with Crippen LogP contribution in [0.15, 0.2) is 41.8 Å². The summed E-state index contributed by atoms with van der Waals surface area (Å²) in [6.07, 6.45) is 5.44. The molecule has 0 saturated carbocycles. The number of nitrogens with zero attached hydrogens (tertiary/aromatic N) is 2. The summed E-state index contributed by atoms with van der Waals surface area (Å²) in [5.41, 5.74) is 2.87. The van der Waals surface area contributed by atoms with Gasteiger partial charge in [-0.05, 0) is 62.6 Å². The van der Waals surface area contributed by atoms with Crippen molar-refractivity contribution in [3.05, 3.63) is 57.8 Å². The molecule has 1 saturated heterocycles. The first-order valence-corrected chi connectivity index (χ1v) is 10.8. The summed E-state index contributed by atoms with van der Waals surface area (Å²) >= 11 is 1.88. The summed E-state index contributed by atoms with van der Waals surface area (Å²) in [4.78, 5) is 6.36. The first-order chi connectivity index (χ1) is 12.7. The smallest absolute Gasteiger partial charge is 0.0472 e. The van der Waals surface area contributed by atoms with Crippen LogP contribution in [0.2, 0.25) is 0 Å². The molecule has 2 heterocycles. The van der Waals surface area contributed by atoms with E-state index in [-0.39, 0.29) is 0 Å². The number of likely N-dealkylation sites (tertiary alicyclic amines) is 1. The Bertz CT molecular complexity index is 630. The number of hydrogen-bond donors (Lipinski definition) is 1. The van der Waals surface area contributed by atoms with Gasteiger partial charge in [0.2, 0.25) is 0 Å². The van der Waals surface area contributed by atoms with E-state index in [0.29, 0.717) is 6.04 Å². The van der Waals surface area contributed by atoms with E-state index in [2.05, 4.69) is 71.0 Å². The molecule has 4 heteroatoms. The summed E-state index contributed by atoms with van der Waals surface area (Å²) in [5.74, 6) is 0. The van der Waals surface area contributed by atoms with Crippen molar-refractivity contribution < 1.29 is 0 Å². The van der Waals surface area contributed by atoms with E-state index in [1.165, 1.54) is 54.8 Å². The zero-order valence-corrected chi connectivity index (χ0v) is 17.1. The lowest BCUT2D eigenvalue weighted by atomic mass is 10.0. The molecule has 1 atom stereocenters. The Labute approximate surface area is 163 Å². The van der Waals surface area contributed by atoms with Gasteiger partial charge in [-0.2, -0.15) is 0 Å². The van der Waals surface area contributed by atoms with Crippen molar-refractivity contribution in [2.45, 2.75) is 44.8 Å². The molecule has 3 rings (SSSR count). The maximum Gasteiger partial charge on any atom is 0.0472 e. The lowest BCUT2D eigenvalue weighted by Gasteiger charge is -2.31. The van der Waals surface area contributed by atoms with Crippen molar-refractivity contribution in [1.29, 1.82) is 0 Å². The monoisotopic (exact) mass is 371 g/mol. The van der Waals surface area contributed by atoms with Gasteiger partial charge in [0.1, 0.15) is 0 Å². The molecule has 1 aromatic heterocycles. The average Bonchev–Trinajstić information content (AvgIpc) is 2.90. The Kier molecular flexibility index (Phi) is 7.69. The summed E-state index contributed by atoms with van der Waals surface area (Å²) in [5, 5.41) is 6.03. The second kappa shape index (κ2) is 10.2. The molecule has 0 amide bonds. The molecule has 142 valence electrons. The molecule has 0 aliphatic carbocycles. The molecule has 1 aliphatic rings. The van der Waals surface area contributed by atoms with Gasteiger partial charge in [-0.15, -0.1) is 11.3 Å². The number of hydrogen-bond acceptors (Lipinski definition) is 4. The maximum atomic E-state index is 3.74.